The van der Waals surface area contributed by atoms with Crippen LogP contribution in [0, 0.1) is 11.7 Å². The molecule has 26 heavy (non-hydrogen) atoms. The number of sulfone groups is 1. The number of rotatable bonds is 6. The Bertz CT molecular complexity index is 934. The van der Waals surface area contributed by atoms with Crippen molar-refractivity contribution in [3.05, 3.63) is 59.4 Å². The summed E-state index contributed by atoms with van der Waals surface area (Å²) in [6.45, 7) is 3.67. The highest BCUT2D eigenvalue weighted by atomic mass is 32.2. The lowest BCUT2D eigenvalue weighted by molar-refractivity contribution is 0.102. The van der Waals surface area contributed by atoms with Gasteiger partial charge in [-0.3, -0.25) is 4.79 Å². The van der Waals surface area contributed by atoms with Crippen molar-refractivity contribution >= 4 is 21.4 Å². The summed E-state index contributed by atoms with van der Waals surface area (Å²) in [7, 11) is -3.43. The lowest BCUT2D eigenvalue weighted by Crippen LogP contribution is -2.15. The molecule has 6 heteroatoms. The molecule has 1 saturated carbocycles. The summed E-state index contributed by atoms with van der Waals surface area (Å²) in [5.74, 6) is -0.415. The zero-order valence-corrected chi connectivity index (χ0v) is 15.6. The monoisotopic (exact) mass is 375 g/mol. The second-order valence-corrected chi connectivity index (χ2v) is 9.20. The smallest absolute Gasteiger partial charge is 0.255 e. The number of halogens is 1. The Labute approximate surface area is 153 Å². The zero-order chi connectivity index (χ0) is 18.9. The predicted octanol–water partition coefficient (Wildman–Crippen LogP) is 4.39. The minimum absolute atomic E-state index is 0.00228. The van der Waals surface area contributed by atoms with Crippen LogP contribution in [0.4, 0.5) is 10.1 Å². The van der Waals surface area contributed by atoms with Gasteiger partial charge in [-0.25, -0.2) is 12.8 Å². The van der Waals surface area contributed by atoms with Gasteiger partial charge in [-0.1, -0.05) is 19.9 Å². The van der Waals surface area contributed by atoms with Gasteiger partial charge >= 0.3 is 0 Å². The molecule has 4 nitrogen and oxygen atoms in total. The van der Waals surface area contributed by atoms with Crippen molar-refractivity contribution in [2.45, 2.75) is 37.5 Å². The lowest BCUT2D eigenvalue weighted by atomic mass is 10.1. The molecule has 0 atom stereocenters. The molecule has 1 fully saturated rings. The number of hydrogen-bond donors (Lipinski definition) is 1. The maximum absolute atomic E-state index is 13.8. The molecule has 1 amide bonds. The van der Waals surface area contributed by atoms with E-state index in [9.17, 15) is 17.6 Å². The van der Waals surface area contributed by atoms with Crippen LogP contribution >= 0.6 is 0 Å². The summed E-state index contributed by atoms with van der Waals surface area (Å²) in [6, 6.07) is 10.5. The molecule has 0 bridgehead atoms. The third-order valence-electron chi connectivity index (χ3n) is 4.28. The number of amides is 1. The molecule has 138 valence electrons. The van der Waals surface area contributed by atoms with Crippen molar-refractivity contribution in [2.24, 2.45) is 5.92 Å². The van der Waals surface area contributed by atoms with Crippen LogP contribution in [0.15, 0.2) is 47.4 Å². The van der Waals surface area contributed by atoms with Gasteiger partial charge in [-0.2, -0.15) is 0 Å². The van der Waals surface area contributed by atoms with E-state index in [4.69, 9.17) is 0 Å². The quantitative estimate of drug-likeness (QED) is 0.815. The highest BCUT2D eigenvalue weighted by molar-refractivity contribution is 7.91. The Morgan fingerprint density at radius 1 is 1.19 bits per heavy atom. The van der Waals surface area contributed by atoms with Crippen molar-refractivity contribution in [1.82, 2.24) is 0 Å². The molecule has 2 aromatic carbocycles. The zero-order valence-electron chi connectivity index (χ0n) is 14.8. The van der Waals surface area contributed by atoms with Crippen LogP contribution in [0.5, 0.6) is 0 Å². The fraction of sp³-hybridized carbons (Fsp3) is 0.350. The van der Waals surface area contributed by atoms with Crippen LogP contribution in [0.1, 0.15) is 48.5 Å². The average Bonchev–Trinajstić information content (AvgIpc) is 3.40. The summed E-state index contributed by atoms with van der Waals surface area (Å²) in [5, 5.41) is 2.73. The second kappa shape index (κ2) is 7.19. The topological polar surface area (TPSA) is 63.2 Å². The first-order valence-corrected chi connectivity index (χ1v) is 10.3. The molecule has 1 N–H and O–H groups in total. The van der Waals surface area contributed by atoms with Gasteiger partial charge in [0.25, 0.3) is 5.91 Å². The highest BCUT2D eigenvalue weighted by Gasteiger charge is 2.27. The molecule has 0 heterocycles. The van der Waals surface area contributed by atoms with Gasteiger partial charge in [-0.15, -0.1) is 0 Å². The molecule has 3 rings (SSSR count). The molecule has 0 unspecified atom stereocenters. The van der Waals surface area contributed by atoms with E-state index in [2.05, 4.69) is 5.32 Å². The summed E-state index contributed by atoms with van der Waals surface area (Å²) < 4.78 is 38.6. The van der Waals surface area contributed by atoms with E-state index in [1.54, 1.807) is 18.2 Å². The second-order valence-electron chi connectivity index (χ2n) is 7.17. The third kappa shape index (κ3) is 4.30. The molecule has 0 spiro atoms. The van der Waals surface area contributed by atoms with E-state index in [-0.39, 0.29) is 33.9 Å². The maximum Gasteiger partial charge on any atom is 0.255 e. The fourth-order valence-electron chi connectivity index (χ4n) is 2.90. The largest absolute Gasteiger partial charge is 0.322 e. The highest BCUT2D eigenvalue weighted by Crippen LogP contribution is 2.42. The third-order valence-corrected chi connectivity index (χ3v) is 6.36. The van der Waals surface area contributed by atoms with Crippen LogP contribution in [0.25, 0.3) is 0 Å². The SMILES string of the molecule is CC(C)CS(=O)(=O)c1cccc(C(=O)Nc2ccc(F)c(C3CC3)c2)c1. The molecular weight excluding hydrogens is 353 g/mol. The number of nitrogens with one attached hydrogen (secondary N) is 1. The molecule has 0 radical (unpaired) electrons. The van der Waals surface area contributed by atoms with Gasteiger partial charge in [0.05, 0.1) is 10.6 Å². The summed E-state index contributed by atoms with van der Waals surface area (Å²) in [4.78, 5) is 12.6. The van der Waals surface area contributed by atoms with Gasteiger partial charge in [0, 0.05) is 11.3 Å². The Balaban J connectivity index is 1.80. The molecule has 2 aromatic rings. The van der Waals surface area contributed by atoms with Crippen LogP contribution in [0.3, 0.4) is 0 Å². The minimum Gasteiger partial charge on any atom is -0.322 e. The van der Waals surface area contributed by atoms with E-state index in [0.717, 1.165) is 12.8 Å². The van der Waals surface area contributed by atoms with Crippen molar-refractivity contribution in [1.29, 1.82) is 0 Å². The minimum atomic E-state index is -3.43. The summed E-state index contributed by atoms with van der Waals surface area (Å²) in [6.07, 6.45) is 1.92. The van der Waals surface area contributed by atoms with Crippen LogP contribution in [-0.2, 0) is 9.84 Å². The van der Waals surface area contributed by atoms with E-state index in [1.165, 1.54) is 24.3 Å². The Morgan fingerprint density at radius 2 is 1.92 bits per heavy atom. The van der Waals surface area contributed by atoms with Gasteiger partial charge in [0.15, 0.2) is 9.84 Å². The van der Waals surface area contributed by atoms with Crippen LogP contribution in [-0.4, -0.2) is 20.1 Å². The van der Waals surface area contributed by atoms with Crippen LogP contribution in [0.2, 0.25) is 0 Å². The van der Waals surface area contributed by atoms with E-state index < -0.39 is 15.7 Å². The maximum atomic E-state index is 13.8. The van der Waals surface area contributed by atoms with Crippen molar-refractivity contribution in [2.75, 3.05) is 11.1 Å². The molecule has 1 aliphatic rings. The first-order valence-electron chi connectivity index (χ1n) is 8.70. The number of carbonyl (C=O) groups excluding carboxylic acids is 1. The Morgan fingerprint density at radius 3 is 2.58 bits per heavy atom. The van der Waals surface area contributed by atoms with E-state index >= 15 is 0 Å². The summed E-state index contributed by atoms with van der Waals surface area (Å²) >= 11 is 0. The molecule has 1 aliphatic carbocycles. The predicted molar refractivity (Wildman–Crippen MR) is 99.7 cm³/mol. The van der Waals surface area contributed by atoms with Crippen LogP contribution < -0.4 is 5.32 Å². The van der Waals surface area contributed by atoms with Crippen molar-refractivity contribution in [3.8, 4) is 0 Å². The fourth-order valence-corrected chi connectivity index (χ4v) is 4.56. The van der Waals surface area contributed by atoms with Crippen molar-refractivity contribution < 1.29 is 17.6 Å². The Kier molecular flexibility index (Phi) is 5.14. The van der Waals surface area contributed by atoms with Crippen molar-refractivity contribution in [3.63, 3.8) is 0 Å². The van der Waals surface area contributed by atoms with Gasteiger partial charge in [-0.05, 0) is 66.6 Å². The van der Waals surface area contributed by atoms with E-state index in [0.29, 0.717) is 11.3 Å². The van der Waals surface area contributed by atoms with Gasteiger partial charge in [0.1, 0.15) is 5.82 Å². The van der Waals surface area contributed by atoms with Gasteiger partial charge in [0.2, 0.25) is 0 Å². The van der Waals surface area contributed by atoms with Gasteiger partial charge < -0.3 is 5.32 Å². The first kappa shape index (κ1) is 18.6. The number of hydrogen-bond acceptors (Lipinski definition) is 3. The number of anilines is 1. The number of benzene rings is 2. The number of carbonyl (C=O) groups is 1. The average molecular weight is 375 g/mol. The molecule has 0 saturated heterocycles. The molecule has 0 aromatic heterocycles. The lowest BCUT2D eigenvalue weighted by Gasteiger charge is -2.10. The standard InChI is InChI=1S/C20H22FNO3S/c1-13(2)12-26(24,25)17-5-3-4-15(10-17)20(23)22-16-8-9-19(21)18(11-16)14-6-7-14/h3-5,8-11,13-14H,6-7,12H2,1-2H3,(H,22,23). The normalized spacial score (nSPS) is 14.5. The summed E-state index contributed by atoms with van der Waals surface area (Å²) in [5.41, 5.74) is 1.39. The van der Waals surface area contributed by atoms with E-state index in [1.807, 2.05) is 13.8 Å². The molecule has 0 aliphatic heterocycles. The Hall–Kier alpha value is -2.21. The first-order chi connectivity index (χ1) is 12.3. The molecular formula is C20H22FNO3S.